The molecule has 0 saturated carbocycles. The number of anilines is 8. The lowest BCUT2D eigenvalue weighted by atomic mass is 9.43. The van der Waals surface area contributed by atoms with Crippen molar-refractivity contribution in [1.29, 1.82) is 0 Å². The predicted octanol–water partition coefficient (Wildman–Crippen LogP) is 17.2. The molecule has 0 radical (unpaired) electrons. The largest absolute Gasteiger partial charge is 0.376 e. The highest BCUT2D eigenvalue weighted by molar-refractivity contribution is 7.26. The normalized spacial score (nSPS) is 12.4. The lowest BCUT2D eigenvalue weighted by Gasteiger charge is -2.46. The van der Waals surface area contributed by atoms with Crippen LogP contribution >= 0.6 is 11.3 Å². The molecule has 12 aromatic rings. The summed E-state index contributed by atoms with van der Waals surface area (Å²) in [6, 6.07) is 98.1. The van der Waals surface area contributed by atoms with Gasteiger partial charge in [0.15, 0.2) is 0 Å². The average Bonchev–Trinajstić information content (AvgIpc) is 3.83. The molecule has 0 saturated heterocycles. The molecule has 0 atom stereocenters. The maximum absolute atomic E-state index is 2.64. The van der Waals surface area contributed by atoms with Gasteiger partial charge in [0.2, 0.25) is 0 Å². The van der Waals surface area contributed by atoms with Crippen LogP contribution in [0.5, 0.6) is 0 Å². The van der Waals surface area contributed by atoms with Crippen molar-refractivity contribution in [2.24, 2.45) is 0 Å². The molecule has 5 heteroatoms. The minimum absolute atomic E-state index is 0.185. The van der Waals surface area contributed by atoms with Crippen LogP contribution in [0.1, 0.15) is 0 Å². The molecule has 332 valence electrons. The zero-order chi connectivity index (χ0) is 46.8. The van der Waals surface area contributed by atoms with E-state index in [1.54, 1.807) is 0 Å². The Morgan fingerprint density at radius 1 is 0.352 bits per heavy atom. The first-order valence-corrected chi connectivity index (χ1v) is 25.2. The second-order valence-corrected chi connectivity index (χ2v) is 19.5. The third-order valence-corrected chi connectivity index (χ3v) is 15.6. The number of thiophene rings is 1. The number of fused-ring (bicyclic) bond motifs is 8. The Morgan fingerprint density at radius 2 is 0.887 bits per heavy atom. The maximum atomic E-state index is 2.64. The van der Waals surface area contributed by atoms with Gasteiger partial charge in [0.1, 0.15) is 0 Å². The zero-order valence-corrected chi connectivity index (χ0v) is 39.5. The van der Waals surface area contributed by atoms with Crippen molar-refractivity contribution in [2.75, 3.05) is 14.6 Å². The van der Waals surface area contributed by atoms with Crippen molar-refractivity contribution in [1.82, 2.24) is 0 Å². The molecule has 0 amide bonds. The summed E-state index contributed by atoms with van der Waals surface area (Å²) in [4.78, 5) is 7.64. The van der Waals surface area contributed by atoms with Gasteiger partial charge in [-0.2, -0.15) is 0 Å². The molecule has 0 bridgehead atoms. The van der Waals surface area contributed by atoms with E-state index in [1.807, 2.05) is 11.3 Å². The van der Waals surface area contributed by atoms with E-state index in [2.05, 4.69) is 282 Å². The molecular formula is C66H44BN3S. The maximum Gasteiger partial charge on any atom is 0.333 e. The van der Waals surface area contributed by atoms with E-state index in [9.17, 15) is 0 Å². The fourth-order valence-electron chi connectivity index (χ4n) is 11.2. The molecule has 2 aliphatic rings. The molecule has 0 spiro atoms. The van der Waals surface area contributed by atoms with Crippen LogP contribution in [0.2, 0.25) is 0 Å². The number of rotatable bonds is 8. The first-order valence-electron chi connectivity index (χ1n) is 24.4. The van der Waals surface area contributed by atoms with Gasteiger partial charge in [-0.3, -0.25) is 0 Å². The molecule has 3 nitrogen and oxygen atoms in total. The molecule has 2 aliphatic heterocycles. The lowest BCUT2D eigenvalue weighted by molar-refractivity contribution is 1.25. The molecule has 3 heterocycles. The Bertz CT molecular complexity index is 3910. The standard InChI is InChI=1S/C66H44BN3S/c1-6-20-45(21-7-1)48-26-18-32-53(40-48)69-62-43-54(68(51-28-12-4-13-29-51)52-30-14-5-15-31-52)37-38-60(62)67-64-58(44-59-56-34-16-17-35-63(56)71-66(59)65(64)69)57-42-50(47-24-10-3-11-25-47)36-39-61(57)70(67)55-33-19-27-49(41-55)46-22-8-2-9-23-46/h1-44H. The molecule has 71 heavy (non-hydrogen) atoms. The van der Waals surface area contributed by atoms with E-state index in [0.717, 1.165) is 34.1 Å². The van der Waals surface area contributed by atoms with E-state index in [4.69, 9.17) is 0 Å². The van der Waals surface area contributed by atoms with Crippen molar-refractivity contribution in [2.45, 2.75) is 0 Å². The number of hydrogen-bond donors (Lipinski definition) is 0. The summed E-state index contributed by atoms with van der Waals surface area (Å²) >= 11 is 1.91. The van der Waals surface area contributed by atoms with Gasteiger partial charge in [-0.1, -0.05) is 182 Å². The Kier molecular flexibility index (Phi) is 9.82. The Morgan fingerprint density at radius 3 is 1.52 bits per heavy atom. The number of hydrogen-bond acceptors (Lipinski definition) is 4. The van der Waals surface area contributed by atoms with Gasteiger partial charge in [-0.15, -0.1) is 11.3 Å². The molecule has 11 aromatic carbocycles. The van der Waals surface area contributed by atoms with Gasteiger partial charge in [0.05, 0.1) is 10.4 Å². The fourth-order valence-corrected chi connectivity index (χ4v) is 12.4. The highest BCUT2D eigenvalue weighted by Crippen LogP contribution is 2.53. The molecule has 14 rings (SSSR count). The van der Waals surface area contributed by atoms with Crippen molar-refractivity contribution in [3.63, 3.8) is 0 Å². The van der Waals surface area contributed by atoms with Crippen LogP contribution in [0.15, 0.2) is 267 Å². The van der Waals surface area contributed by atoms with Gasteiger partial charge in [0.25, 0.3) is 0 Å². The van der Waals surface area contributed by atoms with Gasteiger partial charge in [-0.25, -0.2) is 0 Å². The van der Waals surface area contributed by atoms with Crippen LogP contribution in [0.4, 0.5) is 45.5 Å². The highest BCUT2D eigenvalue weighted by atomic mass is 32.1. The van der Waals surface area contributed by atoms with Crippen LogP contribution in [0.3, 0.4) is 0 Å². The summed E-state index contributed by atoms with van der Waals surface area (Å²) in [5.41, 5.74) is 21.2. The molecular weight excluding hydrogens is 878 g/mol. The Hall–Kier alpha value is -8.90. The van der Waals surface area contributed by atoms with Crippen LogP contribution < -0.4 is 25.5 Å². The van der Waals surface area contributed by atoms with Crippen LogP contribution in [-0.2, 0) is 0 Å². The van der Waals surface area contributed by atoms with E-state index < -0.39 is 0 Å². The third-order valence-electron chi connectivity index (χ3n) is 14.4. The van der Waals surface area contributed by atoms with Gasteiger partial charge in [-0.05, 0) is 135 Å². The van der Waals surface area contributed by atoms with Gasteiger partial charge >= 0.3 is 6.85 Å². The van der Waals surface area contributed by atoms with Crippen molar-refractivity contribution in [3.05, 3.63) is 267 Å². The molecule has 0 unspecified atom stereocenters. The first kappa shape index (κ1) is 41.1. The van der Waals surface area contributed by atoms with E-state index in [1.165, 1.54) is 87.0 Å². The highest BCUT2D eigenvalue weighted by Gasteiger charge is 2.46. The summed E-state index contributed by atoms with van der Waals surface area (Å²) in [6.45, 7) is -0.185. The Balaban J connectivity index is 1.12. The van der Waals surface area contributed by atoms with E-state index >= 15 is 0 Å². The van der Waals surface area contributed by atoms with Crippen LogP contribution in [0.25, 0.3) is 64.7 Å². The SMILES string of the molecule is c1ccc(-c2cccc(N3B4c5ccc(N(c6ccccc6)c6ccccc6)cc5N(c5cccc(-c6ccccc6)c5)c5c4c(cc4c5sc5ccccc54)-c4cc(-c5ccccc5)ccc43)c2)cc1. The lowest BCUT2D eigenvalue weighted by Crippen LogP contribution is -2.61. The third kappa shape index (κ3) is 6.88. The smallest absolute Gasteiger partial charge is 0.333 e. The number of nitrogens with zero attached hydrogens (tertiary/aromatic N) is 3. The van der Waals surface area contributed by atoms with Gasteiger partial charge in [0, 0.05) is 60.8 Å². The summed E-state index contributed by atoms with van der Waals surface area (Å²) in [6.07, 6.45) is 0. The van der Waals surface area contributed by atoms with Crippen molar-refractivity contribution >= 4 is 94.8 Å². The summed E-state index contributed by atoms with van der Waals surface area (Å²) in [7, 11) is 0. The second kappa shape index (κ2) is 17.0. The second-order valence-electron chi connectivity index (χ2n) is 18.4. The first-order chi connectivity index (χ1) is 35.2. The molecule has 0 aliphatic carbocycles. The van der Waals surface area contributed by atoms with Crippen molar-refractivity contribution < 1.29 is 0 Å². The molecule has 1 aromatic heterocycles. The van der Waals surface area contributed by atoms with E-state index in [-0.39, 0.29) is 6.85 Å². The van der Waals surface area contributed by atoms with Crippen LogP contribution in [-0.4, -0.2) is 6.85 Å². The summed E-state index contributed by atoms with van der Waals surface area (Å²) in [5.74, 6) is 0. The quantitative estimate of drug-likeness (QED) is 0.141. The minimum atomic E-state index is -0.185. The summed E-state index contributed by atoms with van der Waals surface area (Å²) in [5, 5.41) is 2.55. The zero-order valence-electron chi connectivity index (χ0n) is 38.7. The fraction of sp³-hybridized carbons (Fsp3) is 0. The summed E-state index contributed by atoms with van der Waals surface area (Å²) < 4.78 is 2.56. The van der Waals surface area contributed by atoms with E-state index in [0.29, 0.717) is 0 Å². The number of para-hydroxylation sites is 2. The minimum Gasteiger partial charge on any atom is -0.376 e. The molecule has 0 N–H and O–H groups in total. The molecule has 0 fully saturated rings. The van der Waals surface area contributed by atoms with Crippen molar-refractivity contribution in [3.8, 4) is 44.5 Å². The topological polar surface area (TPSA) is 9.72 Å². The average molecular weight is 922 g/mol. The van der Waals surface area contributed by atoms with Gasteiger partial charge < -0.3 is 14.6 Å². The van der Waals surface area contributed by atoms with Crippen LogP contribution in [0, 0.1) is 0 Å². The monoisotopic (exact) mass is 921 g/mol. The Labute approximate surface area is 418 Å². The number of benzene rings is 11. The predicted molar refractivity (Wildman–Crippen MR) is 304 cm³/mol.